The van der Waals surface area contributed by atoms with Crippen LogP contribution in [0.3, 0.4) is 0 Å². The molecule has 1 aliphatic heterocycles. The second kappa shape index (κ2) is 6.37. The smallest absolute Gasteiger partial charge is 0.252 e. The van der Waals surface area contributed by atoms with Crippen LogP contribution in [0, 0.1) is 6.92 Å². The Bertz CT molecular complexity index is 1030. The van der Waals surface area contributed by atoms with Crippen LogP contribution in [0.5, 0.6) is 11.5 Å². The first kappa shape index (κ1) is 15.9. The molecule has 0 aliphatic carbocycles. The first-order valence-corrected chi connectivity index (χ1v) is 9.02. The number of aromatic nitrogens is 1. The van der Waals surface area contributed by atoms with E-state index in [2.05, 4.69) is 41.6 Å². The molecule has 3 aromatic rings. The number of carbonyl (C=O) groups is 1. The van der Waals surface area contributed by atoms with Crippen molar-refractivity contribution in [1.29, 1.82) is 0 Å². The number of ether oxygens (including phenoxy) is 2. The van der Waals surface area contributed by atoms with Crippen LogP contribution in [-0.4, -0.2) is 17.3 Å². The molecular formula is C19H18N2O3S. The third kappa shape index (κ3) is 3.05. The molecule has 0 fully saturated rings. The fourth-order valence-electron chi connectivity index (χ4n) is 2.94. The SMILES string of the molecule is CCn1c(=NC(=O)Cc2ccc3c(c2)OCO3)sc2cc(C)ccc21. The maximum absolute atomic E-state index is 12.4. The van der Waals surface area contributed by atoms with E-state index in [0.717, 1.165) is 32.9 Å². The molecule has 128 valence electrons. The number of benzene rings is 2. The van der Waals surface area contributed by atoms with E-state index >= 15 is 0 Å². The maximum Gasteiger partial charge on any atom is 0.252 e. The Kier molecular flexibility index (Phi) is 4.05. The zero-order chi connectivity index (χ0) is 17.4. The minimum absolute atomic E-state index is 0.163. The summed E-state index contributed by atoms with van der Waals surface area (Å²) in [4.78, 5) is 17.5. The second-order valence-electron chi connectivity index (χ2n) is 5.97. The van der Waals surface area contributed by atoms with Crippen molar-refractivity contribution in [3.05, 3.63) is 52.3 Å². The molecule has 1 aromatic heterocycles. The Morgan fingerprint density at radius 3 is 2.88 bits per heavy atom. The highest BCUT2D eigenvalue weighted by atomic mass is 32.1. The van der Waals surface area contributed by atoms with Crippen LogP contribution in [0.4, 0.5) is 0 Å². The van der Waals surface area contributed by atoms with E-state index in [1.54, 1.807) is 11.3 Å². The largest absolute Gasteiger partial charge is 0.454 e. The van der Waals surface area contributed by atoms with Gasteiger partial charge in [-0.3, -0.25) is 4.79 Å². The van der Waals surface area contributed by atoms with Crippen LogP contribution < -0.4 is 14.3 Å². The van der Waals surface area contributed by atoms with Crippen LogP contribution in [0.25, 0.3) is 10.2 Å². The molecule has 6 heteroatoms. The van der Waals surface area contributed by atoms with E-state index in [-0.39, 0.29) is 19.1 Å². The van der Waals surface area contributed by atoms with Crippen molar-refractivity contribution in [2.24, 2.45) is 4.99 Å². The molecule has 0 bridgehead atoms. The third-order valence-corrected chi connectivity index (χ3v) is 5.21. The van der Waals surface area contributed by atoms with Crippen LogP contribution in [0.2, 0.25) is 0 Å². The van der Waals surface area contributed by atoms with Crippen molar-refractivity contribution in [3.8, 4) is 11.5 Å². The minimum Gasteiger partial charge on any atom is -0.454 e. The Morgan fingerprint density at radius 1 is 1.20 bits per heavy atom. The molecule has 0 N–H and O–H groups in total. The highest BCUT2D eigenvalue weighted by Crippen LogP contribution is 2.32. The van der Waals surface area contributed by atoms with E-state index in [0.29, 0.717) is 5.75 Å². The lowest BCUT2D eigenvalue weighted by atomic mass is 10.1. The lowest BCUT2D eigenvalue weighted by Crippen LogP contribution is -2.16. The molecule has 2 aromatic carbocycles. The monoisotopic (exact) mass is 354 g/mol. The Hall–Kier alpha value is -2.60. The predicted molar refractivity (Wildman–Crippen MR) is 97.1 cm³/mol. The summed E-state index contributed by atoms with van der Waals surface area (Å²) >= 11 is 1.55. The van der Waals surface area contributed by atoms with E-state index in [4.69, 9.17) is 9.47 Å². The Balaban J connectivity index is 1.66. The first-order chi connectivity index (χ1) is 12.1. The van der Waals surface area contributed by atoms with Crippen LogP contribution in [-0.2, 0) is 17.8 Å². The highest BCUT2D eigenvalue weighted by Gasteiger charge is 2.14. The van der Waals surface area contributed by atoms with Gasteiger partial charge in [-0.1, -0.05) is 23.5 Å². The number of nitrogens with zero attached hydrogens (tertiary/aromatic N) is 2. The van der Waals surface area contributed by atoms with Gasteiger partial charge in [0.2, 0.25) is 6.79 Å². The number of fused-ring (bicyclic) bond motifs is 2. The molecule has 0 radical (unpaired) electrons. The summed E-state index contributed by atoms with van der Waals surface area (Å²) in [5, 5.41) is 0. The number of carbonyl (C=O) groups excluding carboxylic acids is 1. The molecule has 5 nitrogen and oxygen atoms in total. The molecule has 25 heavy (non-hydrogen) atoms. The number of hydrogen-bond acceptors (Lipinski definition) is 4. The van der Waals surface area contributed by atoms with Gasteiger partial charge in [-0.2, -0.15) is 4.99 Å². The first-order valence-electron chi connectivity index (χ1n) is 8.20. The quantitative estimate of drug-likeness (QED) is 0.724. The molecule has 1 aliphatic rings. The van der Waals surface area contributed by atoms with Crippen LogP contribution in [0.1, 0.15) is 18.1 Å². The van der Waals surface area contributed by atoms with Crippen molar-refractivity contribution in [1.82, 2.24) is 4.57 Å². The summed E-state index contributed by atoms with van der Waals surface area (Å²) in [5.41, 5.74) is 3.20. The van der Waals surface area contributed by atoms with Gasteiger partial charge in [-0.05, 0) is 49.2 Å². The van der Waals surface area contributed by atoms with Crippen LogP contribution in [0.15, 0.2) is 41.4 Å². The average molecular weight is 354 g/mol. The van der Waals surface area contributed by atoms with Crippen molar-refractivity contribution < 1.29 is 14.3 Å². The number of rotatable bonds is 3. The maximum atomic E-state index is 12.4. The Morgan fingerprint density at radius 2 is 2.04 bits per heavy atom. The van der Waals surface area contributed by atoms with Gasteiger partial charge >= 0.3 is 0 Å². The molecule has 0 atom stereocenters. The second-order valence-corrected chi connectivity index (χ2v) is 6.98. The molecule has 2 heterocycles. The summed E-state index contributed by atoms with van der Waals surface area (Å²) < 4.78 is 13.9. The summed E-state index contributed by atoms with van der Waals surface area (Å²) in [6.07, 6.45) is 0.244. The molecule has 4 rings (SSSR count). The zero-order valence-corrected chi connectivity index (χ0v) is 14.9. The fourth-order valence-corrected chi connectivity index (χ4v) is 4.15. The summed E-state index contributed by atoms with van der Waals surface area (Å²) in [5.74, 6) is 1.24. The normalized spacial score (nSPS) is 13.6. The minimum atomic E-state index is -0.163. The number of thiazole rings is 1. The third-order valence-electron chi connectivity index (χ3n) is 4.17. The van der Waals surface area contributed by atoms with E-state index < -0.39 is 0 Å². The van der Waals surface area contributed by atoms with Gasteiger partial charge in [-0.15, -0.1) is 0 Å². The summed E-state index contributed by atoms with van der Waals surface area (Å²) in [6, 6.07) is 11.9. The molecule has 0 saturated heterocycles. The molecule has 0 unspecified atom stereocenters. The van der Waals surface area contributed by atoms with E-state index in [9.17, 15) is 4.79 Å². The number of aryl methyl sites for hydroxylation is 2. The molecule has 0 saturated carbocycles. The van der Waals surface area contributed by atoms with E-state index in [1.807, 2.05) is 18.2 Å². The van der Waals surface area contributed by atoms with Gasteiger partial charge in [0.1, 0.15) is 0 Å². The lowest BCUT2D eigenvalue weighted by molar-refractivity contribution is -0.117. The highest BCUT2D eigenvalue weighted by molar-refractivity contribution is 7.16. The molecular weight excluding hydrogens is 336 g/mol. The Labute approximate surface area is 149 Å². The number of amides is 1. The number of hydrogen-bond donors (Lipinski definition) is 0. The van der Waals surface area contributed by atoms with E-state index in [1.165, 1.54) is 5.56 Å². The topological polar surface area (TPSA) is 52.8 Å². The average Bonchev–Trinajstić information content (AvgIpc) is 3.17. The van der Waals surface area contributed by atoms with Gasteiger partial charge in [0.25, 0.3) is 5.91 Å². The standard InChI is InChI=1S/C19H18N2O3S/c1-3-21-14-6-4-12(2)8-17(14)25-19(21)20-18(22)10-13-5-7-15-16(9-13)24-11-23-15/h4-9H,3,10-11H2,1-2H3. The predicted octanol–water partition coefficient (Wildman–Crippen LogP) is 3.43. The van der Waals surface area contributed by atoms with Gasteiger partial charge in [0.15, 0.2) is 16.3 Å². The zero-order valence-electron chi connectivity index (χ0n) is 14.1. The molecule has 1 amide bonds. The van der Waals surface area contributed by atoms with Crippen molar-refractivity contribution in [3.63, 3.8) is 0 Å². The summed E-state index contributed by atoms with van der Waals surface area (Å²) in [6.45, 7) is 5.14. The van der Waals surface area contributed by atoms with Crippen LogP contribution >= 0.6 is 11.3 Å². The lowest BCUT2D eigenvalue weighted by Gasteiger charge is -2.01. The van der Waals surface area contributed by atoms with Gasteiger partial charge in [0, 0.05) is 6.54 Å². The molecule has 0 spiro atoms. The van der Waals surface area contributed by atoms with Gasteiger partial charge in [-0.25, -0.2) is 0 Å². The fraction of sp³-hybridized carbons (Fsp3) is 0.263. The van der Waals surface area contributed by atoms with Crippen molar-refractivity contribution in [2.45, 2.75) is 26.8 Å². The summed E-state index contributed by atoms with van der Waals surface area (Å²) in [7, 11) is 0. The van der Waals surface area contributed by atoms with Crippen molar-refractivity contribution in [2.75, 3.05) is 6.79 Å². The van der Waals surface area contributed by atoms with Gasteiger partial charge in [0.05, 0.1) is 16.6 Å². The van der Waals surface area contributed by atoms with Crippen molar-refractivity contribution >= 4 is 27.5 Å². The van der Waals surface area contributed by atoms with Gasteiger partial charge < -0.3 is 14.0 Å².